The molecule has 1 saturated carbocycles. The fourth-order valence-electron chi connectivity index (χ4n) is 2.97. The minimum absolute atomic E-state index is 0.00645. The molecule has 0 aliphatic heterocycles. The van der Waals surface area contributed by atoms with Gasteiger partial charge in [-0.3, -0.25) is 13.9 Å². The molecule has 0 atom stereocenters. The Hall–Kier alpha value is -2.84. The van der Waals surface area contributed by atoms with E-state index in [1.165, 1.54) is 30.8 Å². The summed E-state index contributed by atoms with van der Waals surface area (Å²) >= 11 is 0. The summed E-state index contributed by atoms with van der Waals surface area (Å²) in [6.07, 6.45) is -1.99. The van der Waals surface area contributed by atoms with Crippen molar-refractivity contribution in [2.75, 3.05) is 0 Å². The first-order valence-electron chi connectivity index (χ1n) is 8.80. The van der Waals surface area contributed by atoms with Gasteiger partial charge in [0.05, 0.1) is 11.1 Å². The van der Waals surface area contributed by atoms with Gasteiger partial charge in [-0.15, -0.1) is 0 Å². The molecule has 150 valence electrons. The third kappa shape index (κ3) is 3.74. The van der Waals surface area contributed by atoms with Gasteiger partial charge in [0.2, 0.25) is 0 Å². The Balaban J connectivity index is 2.06. The summed E-state index contributed by atoms with van der Waals surface area (Å²) in [5.41, 5.74) is -1.58. The highest BCUT2D eigenvalue weighted by atomic mass is 19.4. The fourth-order valence-corrected chi connectivity index (χ4v) is 2.97. The van der Waals surface area contributed by atoms with Gasteiger partial charge in [0, 0.05) is 20.0 Å². The van der Waals surface area contributed by atoms with Crippen LogP contribution in [0.3, 0.4) is 0 Å². The first-order valence-corrected chi connectivity index (χ1v) is 8.80. The molecule has 28 heavy (non-hydrogen) atoms. The third-order valence-electron chi connectivity index (χ3n) is 4.91. The molecule has 6 nitrogen and oxygen atoms in total. The van der Waals surface area contributed by atoms with Gasteiger partial charge in [-0.2, -0.15) is 18.2 Å². The molecule has 0 unspecified atom stereocenters. The highest BCUT2D eigenvalue weighted by molar-refractivity contribution is 5.84. The number of alkyl halides is 3. The van der Waals surface area contributed by atoms with Crippen molar-refractivity contribution in [1.82, 2.24) is 9.13 Å². The third-order valence-corrected chi connectivity index (χ3v) is 4.91. The minimum Gasteiger partial charge on any atom is -0.443 e. The Labute approximate surface area is 158 Å². The van der Waals surface area contributed by atoms with Crippen molar-refractivity contribution in [2.24, 2.45) is 25.0 Å². The molecule has 0 saturated heterocycles. The van der Waals surface area contributed by atoms with Crippen molar-refractivity contribution in [3.8, 4) is 5.75 Å². The van der Waals surface area contributed by atoms with Crippen molar-refractivity contribution in [3.63, 3.8) is 0 Å². The number of hydrogen-bond acceptors (Lipinski definition) is 4. The normalized spacial score (nSPS) is 15.4. The van der Waals surface area contributed by atoms with Crippen LogP contribution in [0.1, 0.15) is 30.4 Å². The van der Waals surface area contributed by atoms with E-state index in [1.54, 1.807) is 6.92 Å². The van der Waals surface area contributed by atoms with E-state index in [1.807, 2.05) is 0 Å². The van der Waals surface area contributed by atoms with Crippen molar-refractivity contribution >= 4 is 11.7 Å². The first-order chi connectivity index (χ1) is 13.1. The number of halogens is 3. The number of ether oxygens (including phenoxy) is 1. The van der Waals surface area contributed by atoms with Crippen molar-refractivity contribution in [1.29, 1.82) is 0 Å². The van der Waals surface area contributed by atoms with Gasteiger partial charge in [-0.25, -0.2) is 4.79 Å². The topological polar surface area (TPSA) is 65.6 Å². The van der Waals surface area contributed by atoms with E-state index < -0.39 is 23.0 Å². The molecule has 2 aromatic rings. The number of rotatable bonds is 3. The molecule has 0 N–H and O–H groups in total. The van der Waals surface area contributed by atoms with E-state index in [9.17, 15) is 22.8 Å². The van der Waals surface area contributed by atoms with Crippen molar-refractivity contribution < 1.29 is 17.9 Å². The van der Waals surface area contributed by atoms with Crippen LogP contribution in [0, 0.1) is 12.8 Å². The van der Waals surface area contributed by atoms with Gasteiger partial charge < -0.3 is 4.74 Å². The molecule has 0 bridgehead atoms. The second kappa shape index (κ2) is 7.29. The average Bonchev–Trinajstić information content (AvgIpc) is 2.60. The monoisotopic (exact) mass is 395 g/mol. The van der Waals surface area contributed by atoms with Crippen LogP contribution in [0.4, 0.5) is 19.0 Å². The highest BCUT2D eigenvalue weighted by Crippen LogP contribution is 2.34. The van der Waals surface area contributed by atoms with Crippen LogP contribution < -0.4 is 16.0 Å². The van der Waals surface area contributed by atoms with E-state index in [-0.39, 0.29) is 28.9 Å². The smallest absolute Gasteiger partial charge is 0.416 e. The summed E-state index contributed by atoms with van der Waals surface area (Å²) in [5.74, 6) is 0.277. The molecule has 1 aliphatic rings. The molecule has 9 heteroatoms. The molecular weight excluding hydrogens is 375 g/mol. The molecule has 0 radical (unpaired) electrons. The van der Waals surface area contributed by atoms with Gasteiger partial charge in [0.15, 0.2) is 5.90 Å². The summed E-state index contributed by atoms with van der Waals surface area (Å²) < 4.78 is 46.8. The summed E-state index contributed by atoms with van der Waals surface area (Å²) in [5, 5.41) is 0. The minimum atomic E-state index is -4.49. The lowest BCUT2D eigenvalue weighted by Gasteiger charge is -2.27. The zero-order valence-corrected chi connectivity index (χ0v) is 15.7. The van der Waals surface area contributed by atoms with Crippen LogP contribution in [0.15, 0.2) is 38.8 Å². The quantitative estimate of drug-likeness (QED) is 0.592. The summed E-state index contributed by atoms with van der Waals surface area (Å²) in [6.45, 7) is 1.54. The number of aromatic nitrogens is 2. The fraction of sp³-hybridized carbons (Fsp3) is 0.421. The Kier molecular flexibility index (Phi) is 5.18. The van der Waals surface area contributed by atoms with Crippen LogP contribution in [0.2, 0.25) is 0 Å². The zero-order chi connectivity index (χ0) is 20.6. The largest absolute Gasteiger partial charge is 0.443 e. The van der Waals surface area contributed by atoms with E-state index in [4.69, 9.17) is 4.74 Å². The molecule has 1 aliphatic carbocycles. The van der Waals surface area contributed by atoms with Crippen LogP contribution in [0.25, 0.3) is 0 Å². The Morgan fingerprint density at radius 1 is 1.18 bits per heavy atom. The molecular formula is C19H20F3N3O3. The highest BCUT2D eigenvalue weighted by Gasteiger charge is 2.31. The Morgan fingerprint density at radius 3 is 2.43 bits per heavy atom. The number of aliphatic imine (C=N–C) groups is 1. The maximum Gasteiger partial charge on any atom is 0.416 e. The molecule has 1 heterocycles. The standard InChI is InChI=1S/C19H20F3N3O3/c1-11-15(24(2)18(27)25(3)17(11)26)23-16(12-6-4-7-12)28-14-9-5-8-13(10-14)19(20,21)22/h5,8-10,12H,4,6-7H2,1-3H3. The van der Waals surface area contributed by atoms with Gasteiger partial charge >= 0.3 is 11.9 Å². The van der Waals surface area contributed by atoms with Gasteiger partial charge in [-0.05, 0) is 38.0 Å². The molecule has 0 amide bonds. The van der Waals surface area contributed by atoms with E-state index in [2.05, 4.69) is 4.99 Å². The van der Waals surface area contributed by atoms with Crippen LogP contribution >= 0.6 is 0 Å². The number of benzene rings is 1. The average molecular weight is 395 g/mol. The van der Waals surface area contributed by atoms with Crippen LogP contribution in [0.5, 0.6) is 5.75 Å². The van der Waals surface area contributed by atoms with Gasteiger partial charge in [0.1, 0.15) is 11.6 Å². The molecule has 1 aromatic carbocycles. The van der Waals surface area contributed by atoms with Crippen LogP contribution in [-0.2, 0) is 20.3 Å². The summed E-state index contributed by atoms with van der Waals surface area (Å²) in [6, 6.07) is 4.54. The molecule has 1 aromatic heterocycles. The maximum atomic E-state index is 13.0. The number of nitrogens with zero attached hydrogens (tertiary/aromatic N) is 3. The van der Waals surface area contributed by atoms with Gasteiger partial charge in [0.25, 0.3) is 5.56 Å². The molecule has 3 rings (SSSR count). The second-order valence-electron chi connectivity index (χ2n) is 6.86. The Morgan fingerprint density at radius 2 is 1.86 bits per heavy atom. The lowest BCUT2D eigenvalue weighted by Crippen LogP contribution is -2.38. The lowest BCUT2D eigenvalue weighted by molar-refractivity contribution is -0.137. The maximum absolute atomic E-state index is 13.0. The number of hydrogen-bond donors (Lipinski definition) is 0. The van der Waals surface area contributed by atoms with Crippen molar-refractivity contribution in [2.45, 2.75) is 32.4 Å². The zero-order valence-electron chi connectivity index (χ0n) is 15.7. The van der Waals surface area contributed by atoms with Crippen LogP contribution in [-0.4, -0.2) is 15.0 Å². The van der Waals surface area contributed by atoms with Crippen molar-refractivity contribution in [3.05, 3.63) is 56.2 Å². The summed E-state index contributed by atoms with van der Waals surface area (Å²) in [4.78, 5) is 28.8. The predicted octanol–water partition coefficient (Wildman–Crippen LogP) is 3.32. The van der Waals surface area contributed by atoms with E-state index in [0.29, 0.717) is 0 Å². The van der Waals surface area contributed by atoms with E-state index in [0.717, 1.165) is 36.0 Å². The van der Waals surface area contributed by atoms with E-state index >= 15 is 0 Å². The molecule has 0 spiro atoms. The Bertz CT molecular complexity index is 1010. The molecule has 1 fully saturated rings. The second-order valence-corrected chi connectivity index (χ2v) is 6.86. The first kappa shape index (κ1) is 19.9. The predicted molar refractivity (Wildman–Crippen MR) is 98.2 cm³/mol. The lowest BCUT2D eigenvalue weighted by atomic mass is 9.85. The summed E-state index contributed by atoms with van der Waals surface area (Å²) in [7, 11) is 2.85. The SMILES string of the molecule is Cc1c(N=C(Oc2cccc(C(F)(F)F)c2)C2CCC2)n(C)c(=O)n(C)c1=O. The van der Waals surface area contributed by atoms with Gasteiger partial charge in [-0.1, -0.05) is 12.5 Å².